The molecule has 0 atom stereocenters. The van der Waals surface area contributed by atoms with E-state index < -0.39 is 13.0 Å². The average molecular weight is 244 g/mol. The van der Waals surface area contributed by atoms with Crippen LogP contribution in [0, 0.1) is 6.92 Å². The van der Waals surface area contributed by atoms with Crippen molar-refractivity contribution in [3.63, 3.8) is 0 Å². The highest BCUT2D eigenvalue weighted by Crippen LogP contribution is 2.28. The fraction of sp³-hybridized carbons (Fsp3) is 0.333. The van der Waals surface area contributed by atoms with E-state index in [0.29, 0.717) is 10.6 Å². The Hall–Kier alpha value is -1.50. The molecule has 2 aromatic heterocycles. The first-order valence-corrected chi connectivity index (χ1v) is 5.43. The second-order valence-electron chi connectivity index (χ2n) is 3.28. The van der Waals surface area contributed by atoms with E-state index in [9.17, 15) is 8.78 Å². The second kappa shape index (κ2) is 4.17. The van der Waals surface area contributed by atoms with Crippen LogP contribution in [0.25, 0.3) is 10.2 Å². The minimum Gasteiger partial charge on any atom is -0.368 e. The van der Waals surface area contributed by atoms with Crippen molar-refractivity contribution < 1.29 is 8.78 Å². The lowest BCUT2D eigenvalue weighted by Crippen LogP contribution is -2.12. The van der Waals surface area contributed by atoms with Crippen molar-refractivity contribution >= 4 is 33.3 Å². The Labute approximate surface area is 94.5 Å². The molecular formula is C9H10F2N4S. The SMILES string of the molecule is Cc1cc2c(NCC(F)F)nc(N)nc2s1. The maximum Gasteiger partial charge on any atom is 0.255 e. The number of hydrogen-bond acceptors (Lipinski definition) is 5. The van der Waals surface area contributed by atoms with E-state index in [4.69, 9.17) is 5.73 Å². The molecule has 0 saturated carbocycles. The molecule has 0 saturated heterocycles. The van der Waals surface area contributed by atoms with E-state index in [2.05, 4.69) is 15.3 Å². The van der Waals surface area contributed by atoms with Gasteiger partial charge in [-0.3, -0.25) is 0 Å². The average Bonchev–Trinajstić information content (AvgIpc) is 2.54. The van der Waals surface area contributed by atoms with Gasteiger partial charge in [-0.05, 0) is 13.0 Å². The third kappa shape index (κ3) is 2.19. The molecule has 0 aromatic carbocycles. The van der Waals surface area contributed by atoms with Gasteiger partial charge in [0.2, 0.25) is 5.95 Å². The molecule has 16 heavy (non-hydrogen) atoms. The number of hydrogen-bond donors (Lipinski definition) is 2. The van der Waals surface area contributed by atoms with Crippen molar-refractivity contribution in [3.8, 4) is 0 Å². The van der Waals surface area contributed by atoms with Gasteiger partial charge in [-0.25, -0.2) is 13.8 Å². The number of aryl methyl sites for hydroxylation is 1. The highest BCUT2D eigenvalue weighted by molar-refractivity contribution is 7.18. The van der Waals surface area contributed by atoms with Gasteiger partial charge in [0.25, 0.3) is 6.43 Å². The predicted molar refractivity (Wildman–Crippen MR) is 61.1 cm³/mol. The quantitative estimate of drug-likeness (QED) is 0.869. The summed E-state index contributed by atoms with van der Waals surface area (Å²) in [6, 6.07) is 1.85. The summed E-state index contributed by atoms with van der Waals surface area (Å²) in [5.41, 5.74) is 5.50. The van der Waals surface area contributed by atoms with Gasteiger partial charge in [-0.15, -0.1) is 11.3 Å². The number of rotatable bonds is 3. The summed E-state index contributed by atoms with van der Waals surface area (Å²) in [5, 5.41) is 3.30. The summed E-state index contributed by atoms with van der Waals surface area (Å²) in [6.07, 6.45) is -2.43. The number of thiophene rings is 1. The largest absolute Gasteiger partial charge is 0.368 e. The lowest BCUT2D eigenvalue weighted by atomic mass is 10.3. The van der Waals surface area contributed by atoms with Crippen LogP contribution in [0.1, 0.15) is 4.88 Å². The van der Waals surface area contributed by atoms with Gasteiger partial charge in [-0.1, -0.05) is 0 Å². The first-order chi connectivity index (χ1) is 7.56. The van der Waals surface area contributed by atoms with Crippen molar-refractivity contribution in [2.24, 2.45) is 0 Å². The highest BCUT2D eigenvalue weighted by atomic mass is 32.1. The number of nitrogens with one attached hydrogen (secondary N) is 1. The number of fused-ring (bicyclic) bond motifs is 1. The molecule has 2 aromatic rings. The molecule has 3 N–H and O–H groups in total. The molecule has 0 bridgehead atoms. The molecular weight excluding hydrogens is 234 g/mol. The lowest BCUT2D eigenvalue weighted by Gasteiger charge is -2.06. The molecule has 86 valence electrons. The highest BCUT2D eigenvalue weighted by Gasteiger charge is 2.10. The molecule has 4 nitrogen and oxygen atoms in total. The minimum absolute atomic E-state index is 0.0890. The third-order valence-electron chi connectivity index (χ3n) is 1.96. The molecule has 0 aliphatic carbocycles. The van der Waals surface area contributed by atoms with E-state index in [1.54, 1.807) is 0 Å². The van der Waals surface area contributed by atoms with Crippen LogP contribution in [0.2, 0.25) is 0 Å². The van der Waals surface area contributed by atoms with Crippen LogP contribution in [0.15, 0.2) is 6.07 Å². The molecule has 0 radical (unpaired) electrons. The first-order valence-electron chi connectivity index (χ1n) is 4.62. The molecule has 0 amide bonds. The van der Waals surface area contributed by atoms with Gasteiger partial charge in [-0.2, -0.15) is 4.98 Å². The standard InChI is InChI=1S/C9H10F2N4S/c1-4-2-5-7(13-3-6(10)11)14-9(12)15-8(5)16-4/h2,6H,3H2,1H3,(H3,12,13,14,15). The fourth-order valence-corrected chi connectivity index (χ4v) is 2.25. The predicted octanol–water partition coefficient (Wildman–Crippen LogP) is 2.26. The maximum atomic E-state index is 12.1. The monoisotopic (exact) mass is 244 g/mol. The molecule has 0 fully saturated rings. The fourth-order valence-electron chi connectivity index (χ4n) is 1.37. The molecule has 2 heterocycles. The van der Waals surface area contributed by atoms with Gasteiger partial charge in [0, 0.05) is 4.88 Å². The number of nitrogens with zero attached hydrogens (tertiary/aromatic N) is 2. The van der Waals surface area contributed by atoms with E-state index in [-0.39, 0.29) is 5.95 Å². The van der Waals surface area contributed by atoms with Gasteiger partial charge >= 0.3 is 0 Å². The van der Waals surface area contributed by atoms with Gasteiger partial charge in [0.15, 0.2) is 0 Å². The molecule has 0 aliphatic heterocycles. The van der Waals surface area contributed by atoms with Crippen LogP contribution in [-0.4, -0.2) is 22.9 Å². The normalized spacial score (nSPS) is 11.2. The third-order valence-corrected chi connectivity index (χ3v) is 2.90. The number of halogens is 2. The summed E-state index contributed by atoms with van der Waals surface area (Å²) in [5.74, 6) is 0.457. The molecule has 0 aliphatic rings. The first kappa shape index (κ1) is 11.0. The maximum absolute atomic E-state index is 12.1. The Morgan fingerprint density at radius 3 is 2.94 bits per heavy atom. The zero-order chi connectivity index (χ0) is 11.7. The van der Waals surface area contributed by atoms with Gasteiger partial charge < -0.3 is 11.1 Å². The van der Waals surface area contributed by atoms with Crippen LogP contribution < -0.4 is 11.1 Å². The summed E-state index contributed by atoms with van der Waals surface area (Å²) in [6.45, 7) is 1.47. The second-order valence-corrected chi connectivity index (χ2v) is 4.51. The van der Waals surface area contributed by atoms with Crippen molar-refractivity contribution in [1.82, 2.24) is 9.97 Å². The van der Waals surface area contributed by atoms with Crippen molar-refractivity contribution in [2.75, 3.05) is 17.6 Å². The van der Waals surface area contributed by atoms with Gasteiger partial charge in [0.1, 0.15) is 10.6 Å². The number of nitrogen functional groups attached to an aromatic ring is 1. The summed E-state index contributed by atoms with van der Waals surface area (Å²) >= 11 is 1.46. The zero-order valence-electron chi connectivity index (χ0n) is 8.50. The van der Waals surface area contributed by atoms with Crippen molar-refractivity contribution in [3.05, 3.63) is 10.9 Å². The number of nitrogens with two attached hydrogens (primary N) is 1. The molecule has 7 heteroatoms. The molecule has 0 unspecified atom stereocenters. The summed E-state index contributed by atoms with van der Waals surface area (Å²) < 4.78 is 24.2. The van der Waals surface area contributed by atoms with Crippen LogP contribution in [0.5, 0.6) is 0 Å². The van der Waals surface area contributed by atoms with Crippen LogP contribution in [-0.2, 0) is 0 Å². The lowest BCUT2D eigenvalue weighted by molar-refractivity contribution is 0.163. The molecule has 0 spiro atoms. The van der Waals surface area contributed by atoms with Crippen molar-refractivity contribution in [1.29, 1.82) is 0 Å². The Morgan fingerprint density at radius 2 is 2.25 bits per heavy atom. The Bertz CT molecular complexity index is 511. The minimum atomic E-state index is -2.43. The number of alkyl halides is 2. The van der Waals surface area contributed by atoms with Crippen LogP contribution in [0.3, 0.4) is 0 Å². The topological polar surface area (TPSA) is 63.8 Å². The smallest absolute Gasteiger partial charge is 0.255 e. The van der Waals surface area contributed by atoms with Crippen LogP contribution >= 0.6 is 11.3 Å². The molecule has 2 rings (SSSR count). The number of aromatic nitrogens is 2. The Morgan fingerprint density at radius 1 is 1.50 bits per heavy atom. The summed E-state index contributed by atoms with van der Waals surface area (Å²) in [4.78, 5) is 9.70. The van der Waals surface area contributed by atoms with E-state index in [1.165, 1.54) is 11.3 Å². The summed E-state index contributed by atoms with van der Waals surface area (Å²) in [7, 11) is 0. The van der Waals surface area contributed by atoms with Gasteiger partial charge in [0.05, 0.1) is 11.9 Å². The van der Waals surface area contributed by atoms with E-state index in [1.807, 2.05) is 13.0 Å². The van der Waals surface area contributed by atoms with Crippen molar-refractivity contribution in [2.45, 2.75) is 13.3 Å². The number of anilines is 2. The zero-order valence-corrected chi connectivity index (χ0v) is 9.31. The van der Waals surface area contributed by atoms with E-state index in [0.717, 1.165) is 10.3 Å². The van der Waals surface area contributed by atoms with Crippen LogP contribution in [0.4, 0.5) is 20.5 Å². The Balaban J connectivity index is 2.41. The van der Waals surface area contributed by atoms with E-state index >= 15 is 0 Å². The Kier molecular flexibility index (Phi) is 2.86.